The first-order valence-corrected chi connectivity index (χ1v) is 8.82. The van der Waals surface area contributed by atoms with Crippen molar-refractivity contribution >= 4 is 29.2 Å². The van der Waals surface area contributed by atoms with Gasteiger partial charge in [-0.05, 0) is 43.7 Å². The third-order valence-corrected chi connectivity index (χ3v) is 4.21. The molecule has 1 amide bonds. The van der Waals surface area contributed by atoms with Gasteiger partial charge < -0.3 is 9.15 Å². The number of nitrogens with zero attached hydrogens (tertiary/aromatic N) is 2. The van der Waals surface area contributed by atoms with E-state index in [0.29, 0.717) is 17.2 Å². The minimum atomic E-state index is -0.556. The van der Waals surface area contributed by atoms with Crippen LogP contribution in [0.4, 0.5) is 0 Å². The summed E-state index contributed by atoms with van der Waals surface area (Å²) in [6, 6.07) is 10.4. The molecule has 6 nitrogen and oxygen atoms in total. The van der Waals surface area contributed by atoms with Crippen molar-refractivity contribution in [2.75, 3.05) is 6.61 Å². The normalized spacial score (nSPS) is 16.0. The van der Waals surface area contributed by atoms with Gasteiger partial charge in [-0.15, -0.1) is 0 Å². The number of hydrazone groups is 1. The van der Waals surface area contributed by atoms with Gasteiger partial charge in [0.05, 0.1) is 12.0 Å². The summed E-state index contributed by atoms with van der Waals surface area (Å²) in [5.41, 5.74) is 2.40. The Hall–Kier alpha value is -2.86. The highest BCUT2D eigenvalue weighted by Crippen LogP contribution is 2.33. The first-order valence-electron chi connectivity index (χ1n) is 8.44. The van der Waals surface area contributed by atoms with Crippen LogP contribution in [0.2, 0.25) is 5.02 Å². The Kier molecular flexibility index (Phi) is 5.76. The van der Waals surface area contributed by atoms with Crippen molar-refractivity contribution in [2.45, 2.75) is 26.3 Å². The Morgan fingerprint density at radius 3 is 2.67 bits per heavy atom. The molecule has 0 bridgehead atoms. The number of furan rings is 1. The van der Waals surface area contributed by atoms with Crippen LogP contribution in [0.25, 0.3) is 0 Å². The molecule has 3 rings (SSSR count). The molecule has 0 saturated heterocycles. The van der Waals surface area contributed by atoms with Crippen molar-refractivity contribution < 1.29 is 18.7 Å². The summed E-state index contributed by atoms with van der Waals surface area (Å²) in [5.74, 6) is -0.360. The number of rotatable bonds is 5. The SMILES string of the molecule is CC(C)=CC(=O)OCC(=O)N1N=C(c2ccc(Cl)cc2)C[C@@H]1c1ccco1. The molecule has 27 heavy (non-hydrogen) atoms. The fourth-order valence-electron chi connectivity index (χ4n) is 2.74. The first kappa shape index (κ1) is 18.9. The van der Waals surface area contributed by atoms with E-state index in [1.807, 2.05) is 12.1 Å². The van der Waals surface area contributed by atoms with E-state index in [1.54, 1.807) is 44.4 Å². The van der Waals surface area contributed by atoms with Gasteiger partial charge in [0.15, 0.2) is 6.61 Å². The second kappa shape index (κ2) is 8.22. The molecule has 0 N–H and O–H groups in total. The molecule has 1 aromatic heterocycles. The van der Waals surface area contributed by atoms with Crippen molar-refractivity contribution in [3.63, 3.8) is 0 Å². The first-order chi connectivity index (χ1) is 12.9. The molecule has 0 fully saturated rings. The van der Waals surface area contributed by atoms with E-state index in [2.05, 4.69) is 5.10 Å². The highest BCUT2D eigenvalue weighted by molar-refractivity contribution is 6.30. The van der Waals surface area contributed by atoms with Gasteiger partial charge in [0.25, 0.3) is 5.91 Å². The topological polar surface area (TPSA) is 72.1 Å². The predicted octanol–water partition coefficient (Wildman–Crippen LogP) is 4.12. The number of amides is 1. The number of ether oxygens (including phenoxy) is 1. The van der Waals surface area contributed by atoms with Gasteiger partial charge in [-0.1, -0.05) is 29.3 Å². The van der Waals surface area contributed by atoms with E-state index in [-0.39, 0.29) is 6.04 Å². The summed E-state index contributed by atoms with van der Waals surface area (Å²) in [7, 11) is 0. The maximum absolute atomic E-state index is 12.6. The molecule has 2 aromatic rings. The highest BCUT2D eigenvalue weighted by atomic mass is 35.5. The monoisotopic (exact) mass is 386 g/mol. The fraction of sp³-hybridized carbons (Fsp3) is 0.250. The zero-order chi connectivity index (χ0) is 19.4. The maximum atomic E-state index is 12.6. The second-order valence-corrected chi connectivity index (χ2v) is 6.79. The quantitative estimate of drug-likeness (QED) is 0.572. The molecule has 0 spiro atoms. The number of hydrogen-bond donors (Lipinski definition) is 0. The molecule has 0 radical (unpaired) electrons. The molecule has 2 heterocycles. The molecule has 1 aliphatic heterocycles. The van der Waals surface area contributed by atoms with E-state index in [0.717, 1.165) is 16.8 Å². The summed E-state index contributed by atoms with van der Waals surface area (Å²) in [4.78, 5) is 24.3. The largest absolute Gasteiger partial charge is 0.467 e. The zero-order valence-electron chi connectivity index (χ0n) is 15.0. The van der Waals surface area contributed by atoms with Gasteiger partial charge in [-0.25, -0.2) is 9.80 Å². The summed E-state index contributed by atoms with van der Waals surface area (Å²) in [6.45, 7) is 3.16. The van der Waals surface area contributed by atoms with Crippen LogP contribution >= 0.6 is 11.6 Å². The second-order valence-electron chi connectivity index (χ2n) is 6.36. The predicted molar refractivity (Wildman–Crippen MR) is 101 cm³/mol. The van der Waals surface area contributed by atoms with Crippen molar-refractivity contribution in [3.8, 4) is 0 Å². The highest BCUT2D eigenvalue weighted by Gasteiger charge is 2.35. The fourth-order valence-corrected chi connectivity index (χ4v) is 2.86. The molecule has 0 saturated carbocycles. The Morgan fingerprint density at radius 2 is 2.04 bits per heavy atom. The van der Waals surface area contributed by atoms with E-state index >= 15 is 0 Å². The van der Waals surface area contributed by atoms with Crippen molar-refractivity contribution in [2.24, 2.45) is 5.10 Å². The van der Waals surface area contributed by atoms with Crippen LogP contribution in [-0.2, 0) is 14.3 Å². The van der Waals surface area contributed by atoms with Gasteiger partial charge in [0, 0.05) is 17.5 Å². The maximum Gasteiger partial charge on any atom is 0.331 e. The molecular weight excluding hydrogens is 368 g/mol. The lowest BCUT2D eigenvalue weighted by molar-refractivity contribution is -0.149. The zero-order valence-corrected chi connectivity index (χ0v) is 15.8. The van der Waals surface area contributed by atoms with Crippen LogP contribution in [0.5, 0.6) is 0 Å². The average Bonchev–Trinajstić information content (AvgIpc) is 3.29. The molecule has 7 heteroatoms. The number of benzene rings is 1. The third kappa shape index (κ3) is 4.65. The van der Waals surface area contributed by atoms with Gasteiger partial charge in [0.2, 0.25) is 0 Å². The van der Waals surface area contributed by atoms with Crippen LogP contribution < -0.4 is 0 Å². The number of halogens is 1. The van der Waals surface area contributed by atoms with Gasteiger partial charge in [-0.2, -0.15) is 5.10 Å². The van der Waals surface area contributed by atoms with E-state index in [1.165, 1.54) is 11.1 Å². The van der Waals surface area contributed by atoms with E-state index in [4.69, 9.17) is 20.8 Å². The van der Waals surface area contributed by atoms with Crippen molar-refractivity contribution in [1.82, 2.24) is 5.01 Å². The number of carbonyl (C=O) groups is 2. The standard InChI is InChI=1S/C20H19ClN2O4/c1-13(2)10-20(25)27-12-19(24)23-17(18-4-3-9-26-18)11-16(22-23)14-5-7-15(21)8-6-14/h3-10,17H,11-12H2,1-2H3/t17-/m1/s1. The molecule has 0 unspecified atom stereocenters. The van der Waals surface area contributed by atoms with Crippen LogP contribution in [0.1, 0.15) is 37.6 Å². The van der Waals surface area contributed by atoms with Crippen molar-refractivity contribution in [3.05, 3.63) is 70.7 Å². The van der Waals surface area contributed by atoms with Gasteiger partial charge in [-0.3, -0.25) is 4.79 Å². The molecule has 1 aliphatic rings. The molecular formula is C20H19ClN2O4. The summed E-state index contributed by atoms with van der Waals surface area (Å²) in [5, 5.41) is 6.40. The van der Waals surface area contributed by atoms with Gasteiger partial charge in [0.1, 0.15) is 11.8 Å². The van der Waals surface area contributed by atoms with E-state index < -0.39 is 18.5 Å². The minimum Gasteiger partial charge on any atom is -0.467 e. The van der Waals surface area contributed by atoms with Gasteiger partial charge >= 0.3 is 5.97 Å². The Balaban J connectivity index is 1.79. The van der Waals surface area contributed by atoms with Crippen LogP contribution in [0.3, 0.4) is 0 Å². The summed E-state index contributed by atoms with van der Waals surface area (Å²) in [6.07, 6.45) is 3.37. The molecule has 140 valence electrons. The van der Waals surface area contributed by atoms with Crippen LogP contribution in [0.15, 0.2) is 63.8 Å². The Labute approximate surface area is 162 Å². The lowest BCUT2D eigenvalue weighted by Gasteiger charge is -2.19. The molecule has 0 aliphatic carbocycles. The van der Waals surface area contributed by atoms with Crippen LogP contribution in [-0.4, -0.2) is 29.2 Å². The minimum absolute atomic E-state index is 0.389. The number of allylic oxidation sites excluding steroid dienone is 1. The van der Waals surface area contributed by atoms with Crippen LogP contribution in [0, 0.1) is 0 Å². The summed E-state index contributed by atoms with van der Waals surface area (Å²) >= 11 is 5.94. The Morgan fingerprint density at radius 1 is 1.30 bits per heavy atom. The summed E-state index contributed by atoms with van der Waals surface area (Å²) < 4.78 is 10.5. The molecule has 1 atom stereocenters. The lowest BCUT2D eigenvalue weighted by atomic mass is 10.0. The number of carbonyl (C=O) groups excluding carboxylic acids is 2. The lowest BCUT2D eigenvalue weighted by Crippen LogP contribution is -2.31. The number of esters is 1. The third-order valence-electron chi connectivity index (χ3n) is 3.96. The smallest absolute Gasteiger partial charge is 0.331 e. The Bertz CT molecular complexity index is 881. The number of hydrogen-bond acceptors (Lipinski definition) is 5. The van der Waals surface area contributed by atoms with Crippen molar-refractivity contribution in [1.29, 1.82) is 0 Å². The van der Waals surface area contributed by atoms with E-state index in [9.17, 15) is 9.59 Å². The molecule has 1 aromatic carbocycles. The average molecular weight is 387 g/mol.